The molecule has 0 N–H and O–H groups in total. The Balaban J connectivity index is 1.50. The number of aromatic nitrogens is 1. The second-order valence-electron chi connectivity index (χ2n) is 7.15. The second kappa shape index (κ2) is 9.53. The van der Waals surface area contributed by atoms with Crippen LogP contribution in [0.15, 0.2) is 60.0 Å². The lowest BCUT2D eigenvalue weighted by molar-refractivity contribution is -0.115. The third-order valence-corrected chi connectivity index (χ3v) is 6.44. The fourth-order valence-corrected chi connectivity index (χ4v) is 4.83. The summed E-state index contributed by atoms with van der Waals surface area (Å²) in [4.78, 5) is 19.1. The maximum absolute atomic E-state index is 11.9. The van der Waals surface area contributed by atoms with Gasteiger partial charge in [0.05, 0.1) is 11.7 Å². The van der Waals surface area contributed by atoms with E-state index in [1.807, 2.05) is 54.6 Å². The van der Waals surface area contributed by atoms with Gasteiger partial charge >= 0.3 is 0 Å². The first-order valence-electron chi connectivity index (χ1n) is 9.85. The zero-order chi connectivity index (χ0) is 20.1. The van der Waals surface area contributed by atoms with Crippen molar-refractivity contribution < 1.29 is 9.53 Å². The molecule has 2 aromatic carbocycles. The van der Waals surface area contributed by atoms with Crippen molar-refractivity contribution in [1.82, 2.24) is 9.88 Å². The first kappa shape index (κ1) is 20.1. The third-order valence-electron chi connectivity index (χ3n) is 5.24. The number of carbonyl (C=O) groups excluding carboxylic acids is 1. The summed E-state index contributed by atoms with van der Waals surface area (Å²) in [5, 5.41) is 3.86. The minimum Gasteiger partial charge on any atom is -0.491 e. The number of hydrogen-bond acceptors (Lipinski definition) is 5. The molecule has 1 saturated heterocycles. The van der Waals surface area contributed by atoms with E-state index in [0.29, 0.717) is 6.61 Å². The molecule has 3 aromatic rings. The van der Waals surface area contributed by atoms with Crippen LogP contribution in [0.5, 0.6) is 5.75 Å². The Morgan fingerprint density at radius 2 is 1.97 bits per heavy atom. The van der Waals surface area contributed by atoms with E-state index < -0.39 is 0 Å². The minimum atomic E-state index is -0.289. The molecule has 0 aliphatic carbocycles. The number of likely N-dealkylation sites (tertiary alicyclic amines) is 1. The number of halogens is 1. The van der Waals surface area contributed by atoms with Crippen LogP contribution >= 0.6 is 22.9 Å². The first-order chi connectivity index (χ1) is 14.2. The molecule has 2 heterocycles. The van der Waals surface area contributed by atoms with Gasteiger partial charge in [0.25, 0.3) is 0 Å². The van der Waals surface area contributed by atoms with Crippen LogP contribution in [0.25, 0.3) is 11.3 Å². The summed E-state index contributed by atoms with van der Waals surface area (Å²) < 4.78 is 5.88. The molecule has 2 unspecified atom stereocenters. The van der Waals surface area contributed by atoms with Crippen molar-refractivity contribution in [3.8, 4) is 17.0 Å². The third kappa shape index (κ3) is 4.86. The molecule has 29 heavy (non-hydrogen) atoms. The number of nitrogens with zero attached hydrogens (tertiary/aromatic N) is 2. The summed E-state index contributed by atoms with van der Waals surface area (Å²) in [5.41, 5.74) is 2.01. The van der Waals surface area contributed by atoms with Crippen LogP contribution < -0.4 is 4.74 Å². The average Bonchev–Trinajstić information content (AvgIpc) is 3.26. The largest absolute Gasteiger partial charge is 0.491 e. The maximum Gasteiger partial charge on any atom is 0.140 e. The second-order valence-corrected chi connectivity index (χ2v) is 8.48. The normalized spacial score (nSPS) is 18.3. The van der Waals surface area contributed by atoms with Crippen LogP contribution in [0, 0.1) is 0 Å². The van der Waals surface area contributed by atoms with Crippen LogP contribution in [0.4, 0.5) is 0 Å². The molecule has 1 aromatic heterocycles. The van der Waals surface area contributed by atoms with E-state index in [2.05, 4.69) is 10.3 Å². The van der Waals surface area contributed by atoms with Crippen molar-refractivity contribution in [2.45, 2.75) is 31.3 Å². The van der Waals surface area contributed by atoms with Crippen LogP contribution in [-0.4, -0.2) is 35.4 Å². The van der Waals surface area contributed by atoms with Crippen molar-refractivity contribution in [3.63, 3.8) is 0 Å². The van der Waals surface area contributed by atoms with Crippen molar-refractivity contribution in [2.24, 2.45) is 0 Å². The summed E-state index contributed by atoms with van der Waals surface area (Å²) in [6, 6.07) is 17.2. The van der Waals surface area contributed by atoms with Gasteiger partial charge in [-0.25, -0.2) is 4.98 Å². The highest BCUT2D eigenvalue weighted by atomic mass is 35.5. The highest BCUT2D eigenvalue weighted by Gasteiger charge is 2.32. The lowest BCUT2D eigenvalue weighted by atomic mass is 10.0. The average molecular weight is 427 g/mol. The van der Waals surface area contributed by atoms with Gasteiger partial charge in [0.15, 0.2) is 0 Å². The maximum atomic E-state index is 11.9. The zero-order valence-electron chi connectivity index (χ0n) is 16.0. The Kier molecular flexibility index (Phi) is 6.60. The van der Waals surface area contributed by atoms with Gasteiger partial charge in [-0.05, 0) is 43.7 Å². The molecule has 6 heteroatoms. The number of benzene rings is 2. The number of rotatable bonds is 7. The highest BCUT2D eigenvalue weighted by molar-refractivity contribution is 7.10. The molecule has 2 atom stereocenters. The van der Waals surface area contributed by atoms with Crippen LogP contribution in [-0.2, 0) is 4.79 Å². The molecule has 0 radical (unpaired) electrons. The fourth-order valence-electron chi connectivity index (χ4n) is 3.72. The number of carbonyl (C=O) groups is 1. The number of aldehydes is 1. The van der Waals surface area contributed by atoms with Crippen LogP contribution in [0.3, 0.4) is 0 Å². The predicted molar refractivity (Wildman–Crippen MR) is 118 cm³/mol. The van der Waals surface area contributed by atoms with Gasteiger partial charge in [-0.15, -0.1) is 11.3 Å². The predicted octanol–water partition coefficient (Wildman–Crippen LogP) is 5.64. The summed E-state index contributed by atoms with van der Waals surface area (Å²) >= 11 is 7.66. The molecule has 150 valence electrons. The number of piperidine rings is 1. The molecule has 1 aliphatic rings. The van der Waals surface area contributed by atoms with Gasteiger partial charge in [0, 0.05) is 16.0 Å². The van der Waals surface area contributed by atoms with Crippen LogP contribution in [0.1, 0.15) is 30.3 Å². The number of ether oxygens (including phenoxy) is 1. The van der Waals surface area contributed by atoms with Crippen LogP contribution in [0.2, 0.25) is 5.02 Å². The van der Waals surface area contributed by atoms with Gasteiger partial charge in [-0.3, -0.25) is 4.90 Å². The van der Waals surface area contributed by atoms with Gasteiger partial charge in [0.2, 0.25) is 0 Å². The zero-order valence-corrected chi connectivity index (χ0v) is 17.6. The van der Waals surface area contributed by atoms with Gasteiger partial charge in [-0.1, -0.05) is 48.4 Å². The Bertz CT molecular complexity index is 930. The Hall–Kier alpha value is -2.21. The topological polar surface area (TPSA) is 42.4 Å². The van der Waals surface area contributed by atoms with Crippen molar-refractivity contribution in [2.75, 3.05) is 13.2 Å². The Morgan fingerprint density at radius 1 is 1.17 bits per heavy atom. The molecule has 0 amide bonds. The SMILES string of the molecule is O=CC(COc1ccccc1)N1CCCCC1c1nc(-c2ccc(Cl)cc2)cs1. The quantitative estimate of drug-likeness (QED) is 0.458. The van der Waals surface area contributed by atoms with Crippen molar-refractivity contribution >= 4 is 29.2 Å². The molecule has 1 fully saturated rings. The molecular weight excluding hydrogens is 404 g/mol. The van der Waals surface area contributed by atoms with E-state index in [1.165, 1.54) is 0 Å². The highest BCUT2D eigenvalue weighted by Crippen LogP contribution is 2.36. The van der Waals surface area contributed by atoms with E-state index in [0.717, 1.165) is 59.1 Å². The number of thiazole rings is 1. The molecule has 0 spiro atoms. The minimum absolute atomic E-state index is 0.143. The van der Waals surface area contributed by atoms with E-state index in [1.54, 1.807) is 11.3 Å². The first-order valence-corrected chi connectivity index (χ1v) is 11.1. The summed E-state index contributed by atoms with van der Waals surface area (Å²) in [5.74, 6) is 0.784. The molecule has 0 bridgehead atoms. The van der Waals surface area contributed by atoms with Crippen molar-refractivity contribution in [3.05, 3.63) is 70.0 Å². The van der Waals surface area contributed by atoms with Gasteiger partial charge < -0.3 is 9.53 Å². The lowest BCUT2D eigenvalue weighted by Crippen LogP contribution is -2.45. The van der Waals surface area contributed by atoms with E-state index in [9.17, 15) is 4.79 Å². The van der Waals surface area contributed by atoms with Gasteiger partial charge in [0.1, 0.15) is 29.7 Å². The molecular formula is C23H23ClN2O2S. The van der Waals surface area contributed by atoms with E-state index in [-0.39, 0.29) is 12.1 Å². The van der Waals surface area contributed by atoms with Gasteiger partial charge in [-0.2, -0.15) is 0 Å². The summed E-state index contributed by atoms with van der Waals surface area (Å²) in [7, 11) is 0. The molecule has 4 rings (SSSR count). The number of hydrogen-bond donors (Lipinski definition) is 0. The lowest BCUT2D eigenvalue weighted by Gasteiger charge is -2.37. The molecule has 4 nitrogen and oxygen atoms in total. The smallest absolute Gasteiger partial charge is 0.140 e. The standard InChI is InChI=1S/C23H23ClN2O2S/c24-18-11-9-17(10-12-18)21-16-29-23(25-21)22-8-4-5-13-26(22)19(14-27)15-28-20-6-2-1-3-7-20/h1-3,6-7,9-12,14,16,19,22H,4-5,8,13,15H2. The Labute approximate surface area is 180 Å². The summed E-state index contributed by atoms with van der Waals surface area (Å²) in [6.45, 7) is 1.22. The fraction of sp³-hybridized carbons (Fsp3) is 0.304. The summed E-state index contributed by atoms with van der Waals surface area (Å²) in [6.07, 6.45) is 4.24. The van der Waals surface area contributed by atoms with E-state index in [4.69, 9.17) is 21.3 Å². The number of para-hydroxylation sites is 1. The van der Waals surface area contributed by atoms with Crippen molar-refractivity contribution in [1.29, 1.82) is 0 Å². The molecule has 0 saturated carbocycles. The Morgan fingerprint density at radius 3 is 2.72 bits per heavy atom. The molecule has 1 aliphatic heterocycles. The monoisotopic (exact) mass is 426 g/mol. The van der Waals surface area contributed by atoms with E-state index >= 15 is 0 Å².